The van der Waals surface area contributed by atoms with Crippen molar-refractivity contribution in [3.63, 3.8) is 0 Å². The number of fused-ring (bicyclic) bond motifs is 6. The third kappa shape index (κ3) is 6.76. The van der Waals surface area contributed by atoms with Crippen LogP contribution in [0.5, 0.6) is 0 Å². The lowest BCUT2D eigenvalue weighted by Crippen LogP contribution is -2.27. The maximum absolute atomic E-state index is 13.8. The first kappa shape index (κ1) is 43.4. The Labute approximate surface area is 366 Å². The van der Waals surface area contributed by atoms with E-state index in [1.165, 1.54) is 66.7 Å². The molecule has 0 saturated carbocycles. The van der Waals surface area contributed by atoms with E-state index in [4.69, 9.17) is 17.4 Å². The van der Waals surface area contributed by atoms with Crippen molar-refractivity contribution in [2.45, 2.75) is 21.1 Å². The van der Waals surface area contributed by atoms with Crippen LogP contribution in [0.25, 0.3) is 5.57 Å². The second kappa shape index (κ2) is 15.2. The topological polar surface area (TPSA) is 321 Å². The first-order chi connectivity index (χ1) is 30.1. The highest BCUT2D eigenvalue weighted by molar-refractivity contribution is 7.87. The summed E-state index contributed by atoms with van der Waals surface area (Å²) in [4.78, 5) is 65.0. The number of carbonyl (C=O) groups is 5. The Balaban J connectivity index is 0.000000254. The summed E-state index contributed by atoms with van der Waals surface area (Å²) in [5, 5.41) is 0. The van der Waals surface area contributed by atoms with Crippen LogP contribution in [0.1, 0.15) is 105 Å². The fraction of sp³-hybridized carbons (Fsp3) is 0.0227. The van der Waals surface area contributed by atoms with Gasteiger partial charge in [0, 0.05) is 50.3 Å². The first-order valence-corrected chi connectivity index (χ1v) is 22.6. The van der Waals surface area contributed by atoms with Gasteiger partial charge in [-0.25, -0.2) is 16.8 Å². The summed E-state index contributed by atoms with van der Waals surface area (Å²) in [6, 6.07) is 22.9. The van der Waals surface area contributed by atoms with Gasteiger partial charge in [-0.05, 0) is 59.0 Å². The van der Waals surface area contributed by atoms with Gasteiger partial charge in [-0.15, -0.1) is 0 Å². The van der Waals surface area contributed by atoms with E-state index in [9.17, 15) is 58.3 Å². The Morgan fingerprint density at radius 1 is 0.453 bits per heavy atom. The fourth-order valence-corrected chi connectivity index (χ4v) is 10.4. The van der Waals surface area contributed by atoms with Gasteiger partial charge in [0.25, 0.3) is 0 Å². The van der Waals surface area contributed by atoms with Crippen LogP contribution in [-0.4, -0.2) is 63.3 Å². The molecule has 0 unspecified atom stereocenters. The summed E-state index contributed by atoms with van der Waals surface area (Å²) in [5.41, 5.74) is 12.0. The second-order valence-electron chi connectivity index (χ2n) is 14.5. The van der Waals surface area contributed by atoms with Crippen LogP contribution in [0.3, 0.4) is 0 Å². The van der Waals surface area contributed by atoms with Crippen LogP contribution in [0.15, 0.2) is 124 Å². The smallest absolute Gasteiger partial charge is 0.744 e. The van der Waals surface area contributed by atoms with E-state index in [0.29, 0.717) is 28.0 Å². The highest BCUT2D eigenvalue weighted by Crippen LogP contribution is 2.41. The number of benzene rings is 6. The molecule has 64 heavy (non-hydrogen) atoms. The summed E-state index contributed by atoms with van der Waals surface area (Å²) >= 11 is 0. The highest BCUT2D eigenvalue weighted by atomic mass is 32.2. The Kier molecular flexibility index (Phi) is 10.3. The molecule has 0 amide bonds. The molecule has 0 spiro atoms. The number of nitrogen functional groups attached to an aromatic ring is 2. The van der Waals surface area contributed by atoms with E-state index in [0.717, 1.165) is 12.1 Å². The van der Waals surface area contributed by atoms with Gasteiger partial charge in [0.2, 0.25) is 0 Å². The van der Waals surface area contributed by atoms with Gasteiger partial charge >= 0.3 is 13.0 Å². The molecule has 17 nitrogen and oxygen atoms in total. The van der Waals surface area contributed by atoms with Gasteiger partial charge < -0.3 is 20.6 Å². The third-order valence-electron chi connectivity index (χ3n) is 10.9. The second-order valence-corrected chi connectivity index (χ2v) is 18.7. The van der Waals surface area contributed by atoms with Crippen molar-refractivity contribution < 1.29 is 65.5 Å². The Morgan fingerprint density at radius 2 is 0.844 bits per heavy atom. The lowest BCUT2D eigenvalue weighted by molar-refractivity contribution is 0.0975. The van der Waals surface area contributed by atoms with Crippen molar-refractivity contribution in [2.75, 3.05) is 11.5 Å². The third-order valence-corrected chi connectivity index (χ3v) is 13.8. The van der Waals surface area contributed by atoms with Gasteiger partial charge in [0.05, 0.1) is 32.0 Å². The molecule has 3 aliphatic carbocycles. The zero-order chi connectivity index (χ0) is 46.4. The minimum atomic E-state index is -5.15. The van der Waals surface area contributed by atoms with E-state index in [1.54, 1.807) is 24.3 Å². The molecule has 0 bridgehead atoms. The summed E-state index contributed by atoms with van der Waals surface area (Å²) in [6.45, 7) is 3.94. The molecule has 0 radical (unpaired) electrons. The summed E-state index contributed by atoms with van der Waals surface area (Å²) in [7, 11) is -14.5. The average Bonchev–Trinajstić information content (AvgIpc) is 3.25. The maximum Gasteiger partial charge on any atom is 1.00 e. The van der Waals surface area contributed by atoms with E-state index < -0.39 is 80.2 Å². The van der Waals surface area contributed by atoms with Crippen molar-refractivity contribution in [3.8, 4) is 0 Å². The molecule has 0 heterocycles. The van der Waals surface area contributed by atoms with Crippen molar-refractivity contribution in [1.29, 1.82) is 0 Å². The average molecular weight is 920 g/mol. The molecule has 6 aromatic carbocycles. The van der Waals surface area contributed by atoms with E-state index in [-0.39, 0.29) is 69.9 Å². The SMILES string of the molecule is C=C1c2cccc(S(=O)(=O)ON)c2C(=O)c2cccc(N)c21.Nc1ccc(Cc2cccc3c2C(=O)c2cccc(S(=O)(=O)[O-])c2C3=O)c2c1C(=O)c1cccc(S(=O)(=O)[O-])c1C2=O.[H+].[H+]. The number of hydrogen-bond donors (Lipinski definition) is 3. The zero-order valence-corrected chi connectivity index (χ0v) is 34.9. The normalized spacial score (nSPS) is 14.0. The van der Waals surface area contributed by atoms with Gasteiger partial charge in [0.15, 0.2) is 28.9 Å². The number of ketones is 5. The van der Waals surface area contributed by atoms with Crippen LogP contribution in [0, 0.1) is 0 Å². The van der Waals surface area contributed by atoms with Crippen LogP contribution >= 0.6 is 0 Å². The van der Waals surface area contributed by atoms with Crippen molar-refractivity contribution >= 4 is 76.2 Å². The monoisotopic (exact) mass is 919 g/mol. The summed E-state index contributed by atoms with van der Waals surface area (Å²) in [5.74, 6) is 1.07. The minimum Gasteiger partial charge on any atom is -0.744 e. The van der Waals surface area contributed by atoms with Gasteiger partial charge in [-0.1, -0.05) is 79.4 Å². The lowest BCUT2D eigenvalue weighted by Gasteiger charge is -2.25. The molecule has 322 valence electrons. The number of nitrogens with two attached hydrogens (primary N) is 3. The van der Waals surface area contributed by atoms with E-state index in [2.05, 4.69) is 10.9 Å². The number of carbonyl (C=O) groups excluding carboxylic acids is 5. The predicted octanol–water partition coefficient (Wildman–Crippen LogP) is 3.90. The number of anilines is 2. The van der Waals surface area contributed by atoms with E-state index >= 15 is 0 Å². The van der Waals surface area contributed by atoms with Gasteiger partial charge in [0.1, 0.15) is 25.1 Å². The van der Waals surface area contributed by atoms with Crippen LogP contribution in [0.2, 0.25) is 0 Å². The Hall–Kier alpha value is -7.30. The highest BCUT2D eigenvalue weighted by Gasteiger charge is 2.39. The lowest BCUT2D eigenvalue weighted by atomic mass is 9.77. The molecule has 0 aliphatic heterocycles. The molecule has 9 rings (SSSR count). The van der Waals surface area contributed by atoms with Gasteiger partial charge in [-0.2, -0.15) is 18.6 Å². The molecule has 6 N–H and O–H groups in total. The molecule has 0 atom stereocenters. The summed E-state index contributed by atoms with van der Waals surface area (Å²) < 4.78 is 99.3. The fourth-order valence-electron chi connectivity index (χ4n) is 8.22. The van der Waals surface area contributed by atoms with Crippen molar-refractivity contribution in [3.05, 3.63) is 188 Å². The zero-order valence-electron chi connectivity index (χ0n) is 34.4. The molecule has 20 heteroatoms. The first-order valence-electron chi connectivity index (χ1n) is 18.4. The van der Waals surface area contributed by atoms with Crippen LogP contribution in [-0.2, 0) is 41.1 Å². The predicted molar refractivity (Wildman–Crippen MR) is 226 cm³/mol. The molecule has 0 fully saturated rings. The number of rotatable bonds is 6. The molecular weight excluding hydrogens is 891 g/mol. The molecule has 3 aliphatic rings. The molecule has 0 saturated heterocycles. The Bertz CT molecular complexity index is 3580. The number of hydrogen-bond acceptors (Lipinski definition) is 17. The minimum absolute atomic E-state index is 0. The van der Waals surface area contributed by atoms with Crippen molar-refractivity contribution in [2.24, 2.45) is 5.90 Å². The van der Waals surface area contributed by atoms with Gasteiger partial charge in [-0.3, -0.25) is 24.0 Å². The van der Waals surface area contributed by atoms with Crippen molar-refractivity contribution in [1.82, 2.24) is 0 Å². The standard InChI is InChI=1S/C29H17NO10S2.C15H12N2O4S/c30-18-11-10-14(22-25(18)28(33)17-7-3-9-20(42(38,39)40)24(17)29(22)34)12-13-4-1-5-15-21(13)26(31)16-6-2-8-19(41(35,36)37)23(16)27(15)32;1-8-9-4-3-7-12(22(19,20)21-17)14(9)15(18)10-5-2-6-11(16)13(8)10/h1-11H,12,30H2,(H,35,36,37)(H,38,39,40);2-7H,1,16-17H2. The molecule has 6 aromatic rings. The molecule has 0 aromatic heterocycles. The Morgan fingerprint density at radius 3 is 1.39 bits per heavy atom. The largest absolute Gasteiger partial charge is 1.00 e. The van der Waals surface area contributed by atoms with E-state index in [1.807, 2.05) is 0 Å². The quantitative estimate of drug-likeness (QED) is 0.121. The maximum atomic E-state index is 13.8. The molecular formula is C44H29N3O14S3. The van der Waals surface area contributed by atoms with Crippen LogP contribution < -0.4 is 17.4 Å². The summed E-state index contributed by atoms with van der Waals surface area (Å²) in [6.07, 6.45) is -0.222. The van der Waals surface area contributed by atoms with Crippen LogP contribution in [0.4, 0.5) is 11.4 Å².